The minimum Gasteiger partial charge on any atom is -0.352 e. The smallest absolute Gasteiger partial charge is 0.352 e. The van der Waals surface area contributed by atoms with Crippen molar-refractivity contribution >= 4 is 17.8 Å². The second-order valence-corrected chi connectivity index (χ2v) is 11.7. The molecule has 2 aromatic rings. The summed E-state index contributed by atoms with van der Waals surface area (Å²) in [4.78, 5) is 43.5. The van der Waals surface area contributed by atoms with E-state index in [0.717, 1.165) is 5.56 Å². The molecular formula is C30H34F6N4O3. The van der Waals surface area contributed by atoms with Gasteiger partial charge >= 0.3 is 18.4 Å². The topological polar surface area (TPSA) is 73.0 Å². The predicted molar refractivity (Wildman–Crippen MR) is 146 cm³/mol. The highest BCUT2D eigenvalue weighted by molar-refractivity contribution is 5.88. The molecule has 2 aliphatic rings. The van der Waals surface area contributed by atoms with Crippen molar-refractivity contribution in [2.24, 2.45) is 0 Å². The van der Waals surface area contributed by atoms with Crippen LogP contribution in [0.2, 0.25) is 0 Å². The number of nitrogens with zero attached hydrogens (tertiary/aromatic N) is 3. The van der Waals surface area contributed by atoms with E-state index in [9.17, 15) is 40.7 Å². The molecule has 0 radical (unpaired) electrons. The first kappa shape index (κ1) is 32.2. The number of likely N-dealkylation sites (tertiary alicyclic amines) is 2. The van der Waals surface area contributed by atoms with Crippen molar-refractivity contribution in [2.75, 3.05) is 33.2 Å². The Bertz CT molecular complexity index is 1330. The van der Waals surface area contributed by atoms with Gasteiger partial charge in [-0.25, -0.2) is 4.79 Å². The minimum atomic E-state index is -5.06. The molecule has 2 heterocycles. The second kappa shape index (κ2) is 11.7. The first-order valence-electron chi connectivity index (χ1n) is 13.8. The lowest BCUT2D eigenvalue weighted by molar-refractivity contribution is -0.144. The molecular weight excluding hydrogens is 578 g/mol. The summed E-state index contributed by atoms with van der Waals surface area (Å²) in [7, 11) is 1.46. The number of alkyl halides is 6. The predicted octanol–water partition coefficient (Wildman–Crippen LogP) is 5.26. The van der Waals surface area contributed by atoms with Crippen LogP contribution in [0.5, 0.6) is 0 Å². The van der Waals surface area contributed by atoms with E-state index >= 15 is 0 Å². The first-order valence-corrected chi connectivity index (χ1v) is 13.8. The lowest BCUT2D eigenvalue weighted by atomic mass is 9.80. The molecule has 3 atom stereocenters. The molecule has 0 spiro atoms. The molecule has 4 rings (SSSR count). The Labute approximate surface area is 245 Å². The van der Waals surface area contributed by atoms with Crippen LogP contribution in [-0.4, -0.2) is 77.9 Å². The van der Waals surface area contributed by atoms with E-state index in [1.165, 1.54) is 32.7 Å². The van der Waals surface area contributed by atoms with Gasteiger partial charge in [-0.15, -0.1) is 0 Å². The van der Waals surface area contributed by atoms with Gasteiger partial charge in [0.15, 0.2) is 0 Å². The second-order valence-electron chi connectivity index (χ2n) is 11.7. The van der Waals surface area contributed by atoms with E-state index < -0.39 is 46.4 Å². The maximum Gasteiger partial charge on any atom is 0.416 e. The number of carbonyl (C=O) groups excluding carboxylic acids is 3. The van der Waals surface area contributed by atoms with Gasteiger partial charge < -0.3 is 20.0 Å². The van der Waals surface area contributed by atoms with Gasteiger partial charge in [0.05, 0.1) is 22.6 Å². The SMILES string of the molecule is CC(=O)N[C@@H]1CCN(C(=O)N2C[C@@H](N(C)C(=O)C(C)(C)c3cc(C(F)(F)F)cc(C(F)(F)F)c3)[C@H](c3ccccc3)C2)C1. The number of carbonyl (C=O) groups is 3. The Hall–Kier alpha value is -3.77. The molecule has 234 valence electrons. The molecule has 7 nitrogen and oxygen atoms in total. The fraction of sp³-hybridized carbons (Fsp3) is 0.500. The van der Waals surface area contributed by atoms with Crippen molar-refractivity contribution in [1.29, 1.82) is 0 Å². The van der Waals surface area contributed by atoms with Crippen molar-refractivity contribution in [2.45, 2.75) is 63.0 Å². The van der Waals surface area contributed by atoms with E-state index in [1.54, 1.807) is 9.80 Å². The van der Waals surface area contributed by atoms with Gasteiger partial charge in [-0.05, 0) is 49.6 Å². The third kappa shape index (κ3) is 6.91. The highest BCUT2D eigenvalue weighted by atomic mass is 19.4. The fourth-order valence-electron chi connectivity index (χ4n) is 5.93. The van der Waals surface area contributed by atoms with Crippen molar-refractivity contribution in [3.63, 3.8) is 0 Å². The molecule has 1 N–H and O–H groups in total. The number of rotatable bonds is 5. The molecule has 2 aromatic carbocycles. The Morgan fingerprint density at radius 1 is 0.837 bits per heavy atom. The van der Waals surface area contributed by atoms with E-state index in [1.807, 2.05) is 30.3 Å². The summed E-state index contributed by atoms with van der Waals surface area (Å²) in [5, 5.41) is 2.81. The summed E-state index contributed by atoms with van der Waals surface area (Å²) in [6, 6.07) is 9.26. The Morgan fingerprint density at radius 3 is 1.93 bits per heavy atom. The van der Waals surface area contributed by atoms with Crippen LogP contribution < -0.4 is 5.32 Å². The highest BCUT2D eigenvalue weighted by Gasteiger charge is 2.46. The average Bonchev–Trinajstić information content (AvgIpc) is 3.58. The van der Waals surface area contributed by atoms with Gasteiger partial charge in [-0.3, -0.25) is 9.59 Å². The van der Waals surface area contributed by atoms with Gasteiger partial charge in [0.1, 0.15) is 0 Å². The number of benzene rings is 2. The van der Waals surface area contributed by atoms with Crippen LogP contribution in [0.1, 0.15) is 55.4 Å². The van der Waals surface area contributed by atoms with Crippen molar-refractivity contribution < 1.29 is 40.7 Å². The highest BCUT2D eigenvalue weighted by Crippen LogP contribution is 2.40. The molecule has 2 aliphatic heterocycles. The molecule has 13 heteroatoms. The number of likely N-dealkylation sites (N-methyl/N-ethyl adjacent to an activating group) is 1. The van der Waals surface area contributed by atoms with E-state index in [0.29, 0.717) is 31.6 Å². The van der Waals surface area contributed by atoms with Crippen LogP contribution in [0.25, 0.3) is 0 Å². The van der Waals surface area contributed by atoms with Gasteiger partial charge in [0.2, 0.25) is 11.8 Å². The van der Waals surface area contributed by atoms with Gasteiger partial charge in [-0.1, -0.05) is 30.3 Å². The maximum atomic E-state index is 13.9. The summed E-state index contributed by atoms with van der Waals surface area (Å²) >= 11 is 0. The summed E-state index contributed by atoms with van der Waals surface area (Å²) in [5.41, 5.74) is -4.35. The lowest BCUT2D eigenvalue weighted by Crippen LogP contribution is -2.49. The lowest BCUT2D eigenvalue weighted by Gasteiger charge is -2.36. The maximum absolute atomic E-state index is 13.9. The summed E-state index contributed by atoms with van der Waals surface area (Å²) in [6.45, 7) is 5.10. The zero-order valence-electron chi connectivity index (χ0n) is 24.2. The molecule has 0 aromatic heterocycles. The van der Waals surface area contributed by atoms with Crippen LogP contribution >= 0.6 is 0 Å². The number of hydrogen-bond donors (Lipinski definition) is 1. The molecule has 0 aliphatic carbocycles. The minimum absolute atomic E-state index is 0.0362. The zero-order chi connectivity index (χ0) is 31.9. The standard InChI is InChI=1S/C30H34F6N4O3/c1-18(41)37-23-10-11-39(15-23)27(43)40-16-24(19-8-6-5-7-9-19)25(17-40)38(4)26(42)28(2,3)20-12-21(29(31,32)33)14-22(13-20)30(34,35)36/h5-9,12-14,23-25H,10-11,15-17H2,1-4H3,(H,37,41)/t23-,24+,25-/m1/s1. The third-order valence-corrected chi connectivity index (χ3v) is 8.32. The Balaban J connectivity index is 1.63. The average molecular weight is 613 g/mol. The molecule has 43 heavy (non-hydrogen) atoms. The van der Waals surface area contributed by atoms with Gasteiger partial charge in [0.25, 0.3) is 0 Å². The van der Waals surface area contributed by atoms with E-state index in [-0.39, 0.29) is 43.1 Å². The molecule has 0 unspecified atom stereocenters. The van der Waals surface area contributed by atoms with Gasteiger partial charge in [0, 0.05) is 52.1 Å². The number of halogens is 6. The van der Waals surface area contributed by atoms with Crippen LogP contribution in [0.4, 0.5) is 31.1 Å². The largest absolute Gasteiger partial charge is 0.416 e. The van der Waals surface area contributed by atoms with Crippen molar-refractivity contribution in [1.82, 2.24) is 20.0 Å². The van der Waals surface area contributed by atoms with Gasteiger partial charge in [-0.2, -0.15) is 26.3 Å². The fourth-order valence-corrected chi connectivity index (χ4v) is 5.93. The van der Waals surface area contributed by atoms with Crippen LogP contribution in [0.3, 0.4) is 0 Å². The summed E-state index contributed by atoms with van der Waals surface area (Å²) < 4.78 is 81.5. The Morgan fingerprint density at radius 2 is 1.40 bits per heavy atom. The molecule has 2 saturated heterocycles. The van der Waals surface area contributed by atoms with Crippen LogP contribution in [-0.2, 0) is 27.4 Å². The zero-order valence-corrected chi connectivity index (χ0v) is 24.2. The number of nitrogens with one attached hydrogen (secondary N) is 1. The normalized spacial score (nSPS) is 21.2. The molecule has 2 fully saturated rings. The third-order valence-electron chi connectivity index (χ3n) is 8.32. The number of amides is 4. The number of hydrogen-bond acceptors (Lipinski definition) is 3. The Kier molecular flexibility index (Phi) is 8.77. The van der Waals surface area contributed by atoms with Crippen molar-refractivity contribution in [3.05, 3.63) is 70.8 Å². The van der Waals surface area contributed by atoms with E-state index in [2.05, 4.69) is 5.32 Å². The quantitative estimate of drug-likeness (QED) is 0.469. The monoisotopic (exact) mass is 612 g/mol. The van der Waals surface area contributed by atoms with E-state index in [4.69, 9.17) is 0 Å². The summed E-state index contributed by atoms with van der Waals surface area (Å²) in [5.74, 6) is -1.25. The van der Waals surface area contributed by atoms with Crippen molar-refractivity contribution in [3.8, 4) is 0 Å². The first-order chi connectivity index (χ1) is 19.9. The summed E-state index contributed by atoms with van der Waals surface area (Å²) in [6.07, 6.45) is -9.52. The van der Waals surface area contributed by atoms with Crippen LogP contribution in [0, 0.1) is 0 Å². The van der Waals surface area contributed by atoms with Crippen LogP contribution in [0.15, 0.2) is 48.5 Å². The molecule has 4 amide bonds. The molecule has 0 saturated carbocycles. The molecule has 0 bridgehead atoms. The number of urea groups is 1.